The summed E-state index contributed by atoms with van der Waals surface area (Å²) in [5.41, 5.74) is 9.40. The summed E-state index contributed by atoms with van der Waals surface area (Å²) in [5.74, 6) is 1.67. The number of hydrogen-bond acceptors (Lipinski definition) is 2. The maximum absolute atomic E-state index is 6.75. The van der Waals surface area contributed by atoms with Gasteiger partial charge in [0.2, 0.25) is 0 Å². The molecule has 0 atom stereocenters. The third-order valence-electron chi connectivity index (χ3n) is 11.9. The van der Waals surface area contributed by atoms with Gasteiger partial charge in [0.25, 0.3) is 0 Å². The molecule has 10 aromatic rings. The first-order chi connectivity index (χ1) is 31.7. The van der Waals surface area contributed by atoms with Gasteiger partial charge in [-0.05, 0) is 55.9 Å². The molecule has 0 radical (unpaired) electrons. The molecule has 310 valence electrons. The number of nitrogens with zero attached hydrogens (tertiary/aromatic N) is 4. The van der Waals surface area contributed by atoms with Gasteiger partial charge in [-0.15, -0.1) is 0 Å². The van der Waals surface area contributed by atoms with Crippen LogP contribution in [0.25, 0.3) is 54.9 Å². The summed E-state index contributed by atoms with van der Waals surface area (Å²) in [6.07, 6.45) is 17.1. The molecular formula is C58H50N4O2+4. The molecule has 0 unspecified atom stereocenters. The Kier molecular flexibility index (Phi) is 11.9. The third-order valence-corrected chi connectivity index (χ3v) is 11.9. The van der Waals surface area contributed by atoms with Crippen LogP contribution >= 0.6 is 0 Å². The van der Waals surface area contributed by atoms with Crippen molar-refractivity contribution in [3.63, 3.8) is 0 Å². The molecule has 0 aliphatic rings. The quantitative estimate of drug-likeness (QED) is 0.0965. The number of aromatic nitrogens is 4. The molecule has 0 N–H and O–H groups in total. The summed E-state index contributed by atoms with van der Waals surface area (Å²) in [5, 5.41) is 4.56. The molecule has 0 saturated heterocycles. The van der Waals surface area contributed by atoms with Gasteiger partial charge in [-0.1, -0.05) is 121 Å². The number of pyridine rings is 4. The van der Waals surface area contributed by atoms with Crippen molar-refractivity contribution >= 4 is 21.5 Å². The number of ether oxygens (including phenoxy) is 2. The van der Waals surface area contributed by atoms with Crippen LogP contribution in [0.3, 0.4) is 0 Å². The van der Waals surface area contributed by atoms with E-state index in [1.807, 2.05) is 0 Å². The average molecular weight is 835 g/mol. The molecule has 0 aliphatic carbocycles. The maximum Gasteiger partial charge on any atom is 0.182 e. The van der Waals surface area contributed by atoms with Crippen LogP contribution in [0.5, 0.6) is 11.5 Å². The second-order valence-corrected chi connectivity index (χ2v) is 16.2. The first kappa shape index (κ1) is 40.1. The zero-order valence-electron chi connectivity index (χ0n) is 35.8. The molecular weight excluding hydrogens is 785 g/mol. The van der Waals surface area contributed by atoms with Gasteiger partial charge in [0, 0.05) is 70.8 Å². The predicted molar refractivity (Wildman–Crippen MR) is 254 cm³/mol. The van der Waals surface area contributed by atoms with E-state index in [1.54, 1.807) is 0 Å². The lowest BCUT2D eigenvalue weighted by atomic mass is 9.92. The van der Waals surface area contributed by atoms with Crippen LogP contribution in [0.4, 0.5) is 0 Å². The van der Waals surface area contributed by atoms with Crippen molar-refractivity contribution in [1.82, 2.24) is 0 Å². The lowest BCUT2D eigenvalue weighted by molar-refractivity contribution is -0.697. The van der Waals surface area contributed by atoms with Crippen molar-refractivity contribution in [3.05, 3.63) is 243 Å². The van der Waals surface area contributed by atoms with Crippen molar-refractivity contribution < 1.29 is 27.7 Å². The van der Waals surface area contributed by atoms with Gasteiger partial charge in [0.1, 0.15) is 24.7 Å². The molecule has 0 spiro atoms. The van der Waals surface area contributed by atoms with Gasteiger partial charge >= 0.3 is 0 Å². The molecule has 4 heterocycles. The fourth-order valence-corrected chi connectivity index (χ4v) is 8.48. The van der Waals surface area contributed by atoms with E-state index in [2.05, 4.69) is 250 Å². The van der Waals surface area contributed by atoms with Crippen LogP contribution in [0, 0.1) is 0 Å². The summed E-state index contributed by atoms with van der Waals surface area (Å²) in [7, 11) is 0. The summed E-state index contributed by atoms with van der Waals surface area (Å²) >= 11 is 0. The SMILES string of the molecule is c1ccc(C[n+]2ccc(-c3cc[n+](CCOc4ccc5ccccc5c4-c4c(OCC[n+]5ccc(-c6cc[n+](Cc7ccccc7)cc6)cc5)ccc5ccccc45)cc3)cc2)cc1. The van der Waals surface area contributed by atoms with Gasteiger partial charge < -0.3 is 9.47 Å². The molecule has 6 aromatic carbocycles. The van der Waals surface area contributed by atoms with Gasteiger partial charge in [-0.25, -0.2) is 18.3 Å². The Labute approximate surface area is 374 Å². The third kappa shape index (κ3) is 9.27. The summed E-state index contributed by atoms with van der Waals surface area (Å²) in [6.45, 7) is 4.11. The number of benzene rings is 6. The lowest BCUT2D eigenvalue weighted by Crippen LogP contribution is -2.35. The van der Waals surface area contributed by atoms with Crippen LogP contribution in [0.1, 0.15) is 11.1 Å². The minimum absolute atomic E-state index is 0.504. The Balaban J connectivity index is 0.841. The zero-order chi connectivity index (χ0) is 42.9. The van der Waals surface area contributed by atoms with Crippen LogP contribution in [-0.2, 0) is 26.2 Å². The smallest absolute Gasteiger partial charge is 0.182 e. The second kappa shape index (κ2) is 19.0. The molecule has 0 saturated carbocycles. The van der Waals surface area contributed by atoms with E-state index in [0.29, 0.717) is 26.3 Å². The standard InChI is InChI=1S/C58H50N4O2/c1-3-11-45(12-4-1)43-61-35-27-49(28-36-61)47-23-31-59(32-24-47)39-41-63-55-21-19-51-15-7-9-17-53(51)57(55)58-54-18-10-8-16-52(54)20-22-56(58)64-42-40-60-33-25-48(26-34-60)50-29-37-62(38-30-50)44-46-13-5-2-6-14-46/h1-38H,39-44H2/q+4. The van der Waals surface area contributed by atoms with Gasteiger partial charge in [-0.3, -0.25) is 0 Å². The monoisotopic (exact) mass is 834 g/mol. The van der Waals surface area contributed by atoms with Gasteiger partial charge in [0.05, 0.1) is 0 Å². The molecule has 6 heteroatoms. The molecule has 0 aliphatic heterocycles. The summed E-state index contributed by atoms with van der Waals surface area (Å²) < 4.78 is 22.3. The van der Waals surface area contributed by atoms with Crippen LogP contribution in [0.2, 0.25) is 0 Å². The summed E-state index contributed by atoms with van der Waals surface area (Å²) in [4.78, 5) is 0. The highest BCUT2D eigenvalue weighted by molar-refractivity contribution is 6.09. The highest BCUT2D eigenvalue weighted by Crippen LogP contribution is 2.45. The lowest BCUT2D eigenvalue weighted by Gasteiger charge is -2.19. The Morgan fingerprint density at radius 1 is 0.297 bits per heavy atom. The molecule has 64 heavy (non-hydrogen) atoms. The zero-order valence-corrected chi connectivity index (χ0v) is 35.8. The Morgan fingerprint density at radius 2 is 0.625 bits per heavy atom. The number of fused-ring (bicyclic) bond motifs is 2. The molecule has 0 amide bonds. The van der Waals surface area contributed by atoms with E-state index in [1.165, 1.54) is 33.4 Å². The Bertz CT molecular complexity index is 2900. The van der Waals surface area contributed by atoms with Crippen molar-refractivity contribution in [2.45, 2.75) is 26.2 Å². The van der Waals surface area contributed by atoms with E-state index in [4.69, 9.17) is 9.47 Å². The first-order valence-corrected chi connectivity index (χ1v) is 22.0. The highest BCUT2D eigenvalue weighted by atomic mass is 16.5. The van der Waals surface area contributed by atoms with Gasteiger partial charge in [0.15, 0.2) is 75.8 Å². The Morgan fingerprint density at radius 3 is 1.00 bits per heavy atom. The van der Waals surface area contributed by atoms with E-state index in [-0.39, 0.29) is 0 Å². The maximum atomic E-state index is 6.75. The predicted octanol–water partition coefficient (Wildman–Crippen LogP) is 10.4. The van der Waals surface area contributed by atoms with Crippen molar-refractivity contribution in [1.29, 1.82) is 0 Å². The normalized spacial score (nSPS) is 11.2. The average Bonchev–Trinajstić information content (AvgIpc) is 3.35. The fourth-order valence-electron chi connectivity index (χ4n) is 8.48. The first-order valence-electron chi connectivity index (χ1n) is 22.0. The van der Waals surface area contributed by atoms with Crippen LogP contribution < -0.4 is 27.7 Å². The van der Waals surface area contributed by atoms with E-state index in [9.17, 15) is 0 Å². The van der Waals surface area contributed by atoms with Gasteiger partial charge in [-0.2, -0.15) is 0 Å². The number of hydrogen-bond donors (Lipinski definition) is 0. The van der Waals surface area contributed by atoms with E-state index >= 15 is 0 Å². The minimum Gasteiger partial charge on any atom is -0.486 e. The van der Waals surface area contributed by atoms with Crippen LogP contribution in [0.15, 0.2) is 232 Å². The van der Waals surface area contributed by atoms with E-state index in [0.717, 1.165) is 57.3 Å². The molecule has 4 aromatic heterocycles. The van der Waals surface area contributed by atoms with Crippen molar-refractivity contribution in [3.8, 4) is 44.9 Å². The molecule has 0 fully saturated rings. The van der Waals surface area contributed by atoms with Crippen molar-refractivity contribution in [2.24, 2.45) is 0 Å². The largest absolute Gasteiger partial charge is 0.486 e. The topological polar surface area (TPSA) is 34.0 Å². The van der Waals surface area contributed by atoms with Crippen LogP contribution in [-0.4, -0.2) is 13.2 Å². The molecule has 0 bridgehead atoms. The minimum atomic E-state index is 0.504. The van der Waals surface area contributed by atoms with E-state index < -0.39 is 0 Å². The molecule has 6 nitrogen and oxygen atoms in total. The van der Waals surface area contributed by atoms with Crippen molar-refractivity contribution in [2.75, 3.05) is 13.2 Å². The Hall–Kier alpha value is -7.96. The number of rotatable bonds is 15. The molecule has 10 rings (SSSR count). The highest BCUT2D eigenvalue weighted by Gasteiger charge is 2.20. The summed E-state index contributed by atoms with van der Waals surface area (Å²) in [6, 6.07) is 64.2. The fraction of sp³-hybridized carbons (Fsp3) is 0.103. The second-order valence-electron chi connectivity index (χ2n) is 16.2.